The predicted octanol–water partition coefficient (Wildman–Crippen LogP) is 2.17. The average Bonchev–Trinajstić information content (AvgIpc) is 2.55. The Morgan fingerprint density at radius 3 is 2.47 bits per heavy atom. The summed E-state index contributed by atoms with van der Waals surface area (Å²) in [5.41, 5.74) is 2.73. The topological polar surface area (TPSA) is 37.8 Å². The minimum absolute atomic E-state index is 0.0134. The first kappa shape index (κ1) is 9.77. The van der Waals surface area contributed by atoms with Crippen LogP contribution in [0.5, 0.6) is 0 Å². The molecular formula is C12H14N2O. The van der Waals surface area contributed by atoms with Crippen molar-refractivity contribution in [2.75, 3.05) is 0 Å². The lowest BCUT2D eigenvalue weighted by Crippen LogP contribution is -2.05. The third-order valence-corrected chi connectivity index (χ3v) is 2.61. The van der Waals surface area contributed by atoms with E-state index in [0.717, 1.165) is 23.4 Å². The molecule has 0 unspecified atom stereocenters. The minimum Gasteiger partial charge on any atom is -0.289 e. The summed E-state index contributed by atoms with van der Waals surface area (Å²) in [6, 6.07) is 9.74. The summed E-state index contributed by atoms with van der Waals surface area (Å²) in [5.74, 6) is 0. The average molecular weight is 202 g/mol. The van der Waals surface area contributed by atoms with E-state index in [1.807, 2.05) is 48.9 Å². The van der Waals surface area contributed by atoms with E-state index < -0.39 is 0 Å². The summed E-state index contributed by atoms with van der Waals surface area (Å²) in [7, 11) is 0. The minimum atomic E-state index is -0.0134. The summed E-state index contributed by atoms with van der Waals surface area (Å²) < 4.78 is 1.87. The van der Waals surface area contributed by atoms with E-state index >= 15 is 0 Å². The molecule has 0 saturated heterocycles. The van der Waals surface area contributed by atoms with Gasteiger partial charge in [0.25, 0.3) is 5.56 Å². The second-order valence-corrected chi connectivity index (χ2v) is 3.51. The highest BCUT2D eigenvalue weighted by molar-refractivity contribution is 5.64. The maximum absolute atomic E-state index is 11.7. The molecule has 1 aromatic heterocycles. The number of aromatic nitrogens is 2. The molecule has 1 N–H and O–H groups in total. The second kappa shape index (κ2) is 3.77. The number of hydrogen-bond acceptors (Lipinski definition) is 1. The number of nitrogens with one attached hydrogen (secondary N) is 1. The molecule has 0 fully saturated rings. The molecule has 78 valence electrons. The Morgan fingerprint density at radius 2 is 1.93 bits per heavy atom. The van der Waals surface area contributed by atoms with Crippen LogP contribution >= 0.6 is 0 Å². The van der Waals surface area contributed by atoms with Crippen LogP contribution in [0.1, 0.15) is 12.6 Å². The molecule has 0 aliphatic carbocycles. The zero-order chi connectivity index (χ0) is 10.8. The van der Waals surface area contributed by atoms with Gasteiger partial charge < -0.3 is 0 Å². The van der Waals surface area contributed by atoms with Crippen molar-refractivity contribution in [3.05, 3.63) is 46.4 Å². The fourth-order valence-electron chi connectivity index (χ4n) is 1.82. The van der Waals surface area contributed by atoms with Crippen LogP contribution in [0.3, 0.4) is 0 Å². The van der Waals surface area contributed by atoms with Crippen molar-refractivity contribution in [3.63, 3.8) is 0 Å². The molecule has 0 spiro atoms. The third kappa shape index (κ3) is 1.61. The maximum Gasteiger partial charge on any atom is 0.272 e. The van der Waals surface area contributed by atoms with Gasteiger partial charge in [-0.05, 0) is 19.4 Å². The smallest absolute Gasteiger partial charge is 0.272 e. The Bertz CT molecular complexity index is 508. The number of aromatic amines is 1. The number of nitrogens with zero attached hydrogens (tertiary/aromatic N) is 1. The van der Waals surface area contributed by atoms with Crippen LogP contribution in [0, 0.1) is 6.92 Å². The van der Waals surface area contributed by atoms with E-state index in [1.165, 1.54) is 0 Å². The van der Waals surface area contributed by atoms with Crippen LogP contribution in [0.4, 0.5) is 0 Å². The van der Waals surface area contributed by atoms with Crippen LogP contribution in [-0.4, -0.2) is 9.78 Å². The van der Waals surface area contributed by atoms with Crippen molar-refractivity contribution < 1.29 is 0 Å². The summed E-state index contributed by atoms with van der Waals surface area (Å²) in [6.45, 7) is 4.76. The van der Waals surface area contributed by atoms with Gasteiger partial charge in [0.1, 0.15) is 0 Å². The van der Waals surface area contributed by atoms with Crippen LogP contribution in [0.25, 0.3) is 11.1 Å². The predicted molar refractivity (Wildman–Crippen MR) is 60.9 cm³/mol. The first-order valence-electron chi connectivity index (χ1n) is 5.09. The highest BCUT2D eigenvalue weighted by atomic mass is 16.1. The molecule has 0 saturated carbocycles. The number of benzene rings is 1. The molecule has 1 aromatic carbocycles. The molecule has 0 atom stereocenters. The molecule has 0 radical (unpaired) electrons. The van der Waals surface area contributed by atoms with Crippen molar-refractivity contribution >= 4 is 0 Å². The first-order chi connectivity index (χ1) is 7.24. The molecule has 3 nitrogen and oxygen atoms in total. The molecule has 0 bridgehead atoms. The molecule has 15 heavy (non-hydrogen) atoms. The molecule has 1 heterocycles. The number of H-pyrrole nitrogens is 1. The molecule has 0 aliphatic heterocycles. The summed E-state index contributed by atoms with van der Waals surface area (Å²) in [6.07, 6.45) is 0. The van der Waals surface area contributed by atoms with E-state index in [0.29, 0.717) is 0 Å². The fourth-order valence-corrected chi connectivity index (χ4v) is 1.82. The SMILES string of the molecule is CCn1[nH]c(=O)c(-c2ccccc2)c1C. The van der Waals surface area contributed by atoms with E-state index in [4.69, 9.17) is 0 Å². The summed E-state index contributed by atoms with van der Waals surface area (Å²) >= 11 is 0. The van der Waals surface area contributed by atoms with Gasteiger partial charge in [0, 0.05) is 12.2 Å². The number of rotatable bonds is 2. The van der Waals surface area contributed by atoms with Gasteiger partial charge in [0.05, 0.1) is 5.56 Å². The lowest BCUT2D eigenvalue weighted by atomic mass is 10.1. The van der Waals surface area contributed by atoms with Crippen LogP contribution in [0.15, 0.2) is 35.1 Å². The van der Waals surface area contributed by atoms with Crippen molar-refractivity contribution in [2.24, 2.45) is 0 Å². The van der Waals surface area contributed by atoms with Crippen molar-refractivity contribution in [3.8, 4) is 11.1 Å². The highest BCUT2D eigenvalue weighted by Crippen LogP contribution is 2.18. The molecule has 0 aliphatic rings. The van der Waals surface area contributed by atoms with Gasteiger partial charge in [0.2, 0.25) is 0 Å². The lowest BCUT2D eigenvalue weighted by Gasteiger charge is -2.01. The van der Waals surface area contributed by atoms with E-state index in [2.05, 4.69) is 5.10 Å². The molecule has 2 rings (SSSR count). The Hall–Kier alpha value is -1.77. The summed E-state index contributed by atoms with van der Waals surface area (Å²) in [4.78, 5) is 11.7. The standard InChI is InChI=1S/C12H14N2O/c1-3-14-9(2)11(12(15)13-14)10-7-5-4-6-8-10/h4-8H,3H2,1-2H3,(H,13,15). The fraction of sp³-hybridized carbons (Fsp3) is 0.250. The van der Waals surface area contributed by atoms with Gasteiger partial charge in [-0.3, -0.25) is 14.6 Å². The van der Waals surface area contributed by atoms with E-state index in [-0.39, 0.29) is 5.56 Å². The van der Waals surface area contributed by atoms with Crippen molar-refractivity contribution in [2.45, 2.75) is 20.4 Å². The molecule has 0 amide bonds. The molecule has 3 heteroatoms. The molecule has 2 aromatic rings. The van der Waals surface area contributed by atoms with Gasteiger partial charge in [-0.15, -0.1) is 0 Å². The Kier molecular flexibility index (Phi) is 2.46. The Balaban J connectivity index is 2.64. The third-order valence-electron chi connectivity index (χ3n) is 2.61. The lowest BCUT2D eigenvalue weighted by molar-refractivity contribution is 0.634. The zero-order valence-corrected chi connectivity index (χ0v) is 8.95. The van der Waals surface area contributed by atoms with Gasteiger partial charge in [-0.1, -0.05) is 30.3 Å². The van der Waals surface area contributed by atoms with Crippen LogP contribution in [0.2, 0.25) is 0 Å². The van der Waals surface area contributed by atoms with Gasteiger partial charge in [-0.25, -0.2) is 0 Å². The van der Waals surface area contributed by atoms with Crippen molar-refractivity contribution in [1.82, 2.24) is 9.78 Å². The van der Waals surface area contributed by atoms with Crippen molar-refractivity contribution in [1.29, 1.82) is 0 Å². The zero-order valence-electron chi connectivity index (χ0n) is 8.95. The maximum atomic E-state index is 11.7. The quantitative estimate of drug-likeness (QED) is 0.796. The first-order valence-corrected chi connectivity index (χ1v) is 5.09. The van der Waals surface area contributed by atoms with E-state index in [9.17, 15) is 4.79 Å². The number of hydrogen-bond donors (Lipinski definition) is 1. The Labute approximate surface area is 88.4 Å². The second-order valence-electron chi connectivity index (χ2n) is 3.51. The normalized spacial score (nSPS) is 10.5. The van der Waals surface area contributed by atoms with Crippen LogP contribution in [-0.2, 0) is 6.54 Å². The van der Waals surface area contributed by atoms with Gasteiger partial charge in [-0.2, -0.15) is 0 Å². The van der Waals surface area contributed by atoms with E-state index in [1.54, 1.807) is 0 Å². The number of aryl methyl sites for hydroxylation is 1. The van der Waals surface area contributed by atoms with Gasteiger partial charge in [0.15, 0.2) is 0 Å². The molecular weight excluding hydrogens is 188 g/mol. The summed E-state index contributed by atoms with van der Waals surface area (Å²) in [5, 5.41) is 2.82. The monoisotopic (exact) mass is 202 g/mol. The van der Waals surface area contributed by atoms with Gasteiger partial charge >= 0.3 is 0 Å². The highest BCUT2D eigenvalue weighted by Gasteiger charge is 2.11. The van der Waals surface area contributed by atoms with Crippen LogP contribution < -0.4 is 5.56 Å². The largest absolute Gasteiger partial charge is 0.289 e. The Morgan fingerprint density at radius 1 is 1.27 bits per heavy atom.